The molecule has 0 bridgehead atoms. The molecule has 0 radical (unpaired) electrons. The number of aldehydes is 1. The number of carbonyl (C=O) groups is 2. The van der Waals surface area contributed by atoms with Crippen LogP contribution in [0.5, 0.6) is 5.75 Å². The van der Waals surface area contributed by atoms with Crippen LogP contribution in [0.25, 0.3) is 16.6 Å². The summed E-state index contributed by atoms with van der Waals surface area (Å²) in [7, 11) is 0. The van der Waals surface area contributed by atoms with Crippen molar-refractivity contribution in [3.8, 4) is 22.9 Å². The SMILES string of the molecule is CCOc1cc(-c2ccc(N3CCC(Cc4ccccc4)(NC(=O)CN4CCC(C=O)CC4)CC3)nc2)c2c(C#N)cnn2c1. The molecule has 0 saturated carbocycles. The van der Waals surface area contributed by atoms with Gasteiger partial charge in [-0.1, -0.05) is 30.3 Å². The van der Waals surface area contributed by atoms with Crippen molar-refractivity contribution in [2.24, 2.45) is 5.92 Å². The molecule has 2 aliphatic heterocycles. The Hall–Kier alpha value is -4.75. The van der Waals surface area contributed by atoms with E-state index in [1.54, 1.807) is 16.9 Å². The molecule has 45 heavy (non-hydrogen) atoms. The number of hydrogen-bond donors (Lipinski definition) is 1. The molecule has 3 aromatic heterocycles. The molecule has 2 fully saturated rings. The summed E-state index contributed by atoms with van der Waals surface area (Å²) in [5.41, 5.74) is 3.79. The van der Waals surface area contributed by atoms with E-state index < -0.39 is 0 Å². The topological polar surface area (TPSA) is 116 Å². The van der Waals surface area contributed by atoms with E-state index in [2.05, 4.69) is 38.4 Å². The Bertz CT molecular complexity index is 1660. The van der Waals surface area contributed by atoms with Gasteiger partial charge in [-0.3, -0.25) is 9.69 Å². The van der Waals surface area contributed by atoms with E-state index in [9.17, 15) is 14.9 Å². The summed E-state index contributed by atoms with van der Waals surface area (Å²) >= 11 is 0. The number of rotatable bonds is 10. The molecule has 5 heterocycles. The second-order valence-electron chi connectivity index (χ2n) is 12.1. The molecule has 0 unspecified atom stereocenters. The van der Waals surface area contributed by atoms with Crippen LogP contribution < -0.4 is 15.0 Å². The lowest BCUT2D eigenvalue weighted by Gasteiger charge is -2.43. The third-order valence-corrected chi connectivity index (χ3v) is 9.10. The Morgan fingerprint density at radius 2 is 1.89 bits per heavy atom. The van der Waals surface area contributed by atoms with Gasteiger partial charge in [-0.15, -0.1) is 0 Å². The zero-order valence-electron chi connectivity index (χ0n) is 25.7. The standard InChI is InChI=1S/C35H39N7O3/c1-2-45-30-18-31(34-29(20-36)22-38-42(34)23-30)28-8-9-32(37-21-28)41-16-12-35(13-17-41,19-26-6-4-3-5-7-26)39-33(44)24-40-14-10-27(25-43)11-15-40/h3-9,18,21-23,25,27H,2,10-17,19,24H2,1H3,(H,39,44). The number of amides is 1. The maximum absolute atomic E-state index is 13.4. The number of pyridine rings is 2. The molecule has 0 aliphatic carbocycles. The number of nitrogens with one attached hydrogen (secondary N) is 1. The number of aromatic nitrogens is 3. The molecule has 0 spiro atoms. The summed E-state index contributed by atoms with van der Waals surface area (Å²) in [4.78, 5) is 33.8. The van der Waals surface area contributed by atoms with E-state index in [4.69, 9.17) is 9.72 Å². The lowest BCUT2D eigenvalue weighted by atomic mass is 9.81. The van der Waals surface area contributed by atoms with Crippen molar-refractivity contribution in [2.45, 2.75) is 44.6 Å². The van der Waals surface area contributed by atoms with Crippen molar-refractivity contribution in [1.82, 2.24) is 24.8 Å². The predicted octanol–water partition coefficient (Wildman–Crippen LogP) is 4.28. The van der Waals surface area contributed by atoms with Crippen molar-refractivity contribution in [3.05, 3.63) is 78.2 Å². The fraction of sp³-hybridized carbons (Fsp3) is 0.400. The van der Waals surface area contributed by atoms with Crippen molar-refractivity contribution in [1.29, 1.82) is 5.26 Å². The van der Waals surface area contributed by atoms with E-state index in [0.29, 0.717) is 24.5 Å². The van der Waals surface area contributed by atoms with Gasteiger partial charge in [-0.25, -0.2) is 9.50 Å². The lowest BCUT2D eigenvalue weighted by Crippen LogP contribution is -2.58. The fourth-order valence-corrected chi connectivity index (χ4v) is 6.66. The summed E-state index contributed by atoms with van der Waals surface area (Å²) in [6, 6.07) is 18.6. The second kappa shape index (κ2) is 13.5. The summed E-state index contributed by atoms with van der Waals surface area (Å²) < 4.78 is 7.45. The van der Waals surface area contributed by atoms with Gasteiger partial charge in [0.25, 0.3) is 0 Å². The number of carbonyl (C=O) groups excluding carboxylic acids is 2. The quantitative estimate of drug-likeness (QED) is 0.267. The molecule has 6 rings (SSSR count). The number of hydrogen-bond acceptors (Lipinski definition) is 8. The van der Waals surface area contributed by atoms with Crippen molar-refractivity contribution in [2.75, 3.05) is 44.2 Å². The highest BCUT2D eigenvalue weighted by molar-refractivity contribution is 5.85. The van der Waals surface area contributed by atoms with Gasteiger partial charge in [0.15, 0.2) is 0 Å². The first kappa shape index (κ1) is 30.3. The molecule has 10 nitrogen and oxygen atoms in total. The second-order valence-corrected chi connectivity index (χ2v) is 12.1. The van der Waals surface area contributed by atoms with Crippen LogP contribution >= 0.6 is 0 Å². The third-order valence-electron chi connectivity index (χ3n) is 9.10. The van der Waals surface area contributed by atoms with Gasteiger partial charge in [0.1, 0.15) is 23.9 Å². The lowest BCUT2D eigenvalue weighted by molar-refractivity contribution is -0.124. The number of piperidine rings is 2. The molecular formula is C35H39N7O3. The minimum Gasteiger partial charge on any atom is -0.492 e. The Kier molecular flexibility index (Phi) is 9.08. The minimum absolute atomic E-state index is 0.0450. The molecule has 10 heteroatoms. The Morgan fingerprint density at radius 1 is 1.11 bits per heavy atom. The van der Waals surface area contributed by atoms with Crippen LogP contribution in [-0.2, 0) is 16.0 Å². The highest BCUT2D eigenvalue weighted by Crippen LogP contribution is 2.33. The van der Waals surface area contributed by atoms with E-state index in [1.807, 2.05) is 49.5 Å². The minimum atomic E-state index is -0.350. The maximum atomic E-state index is 13.4. The number of fused-ring (bicyclic) bond motifs is 1. The maximum Gasteiger partial charge on any atom is 0.234 e. The van der Waals surface area contributed by atoms with Gasteiger partial charge in [-0.05, 0) is 75.9 Å². The first-order valence-electron chi connectivity index (χ1n) is 15.8. The fourth-order valence-electron chi connectivity index (χ4n) is 6.66. The van der Waals surface area contributed by atoms with Crippen LogP contribution in [0.1, 0.15) is 43.7 Å². The molecule has 1 N–H and O–H groups in total. The summed E-state index contributed by atoms with van der Waals surface area (Å²) in [5, 5.41) is 17.5. The molecule has 0 atom stereocenters. The smallest absolute Gasteiger partial charge is 0.234 e. The molecule has 1 aromatic carbocycles. The highest BCUT2D eigenvalue weighted by atomic mass is 16.5. The molecule has 1 amide bonds. The number of nitriles is 1. The van der Waals surface area contributed by atoms with E-state index in [1.165, 1.54) is 5.56 Å². The number of ether oxygens (including phenoxy) is 1. The van der Waals surface area contributed by atoms with Crippen LogP contribution in [0.2, 0.25) is 0 Å². The number of anilines is 1. The van der Waals surface area contributed by atoms with Gasteiger partial charge in [-0.2, -0.15) is 10.4 Å². The summed E-state index contributed by atoms with van der Waals surface area (Å²) in [6.45, 7) is 5.89. The van der Waals surface area contributed by atoms with Gasteiger partial charge in [0, 0.05) is 41.9 Å². The van der Waals surface area contributed by atoms with E-state index in [-0.39, 0.29) is 17.4 Å². The molecule has 2 aliphatic rings. The average Bonchev–Trinajstić information content (AvgIpc) is 3.49. The van der Waals surface area contributed by atoms with Gasteiger partial charge < -0.3 is 19.7 Å². The normalized spacial score (nSPS) is 17.1. The van der Waals surface area contributed by atoms with Crippen LogP contribution in [0.4, 0.5) is 5.82 Å². The zero-order chi connectivity index (χ0) is 31.2. The zero-order valence-corrected chi connectivity index (χ0v) is 25.7. The van der Waals surface area contributed by atoms with Crippen molar-refractivity contribution < 1.29 is 14.3 Å². The Labute approximate surface area is 263 Å². The number of likely N-dealkylation sites (tertiary alicyclic amines) is 1. The molecule has 4 aromatic rings. The number of nitrogens with zero attached hydrogens (tertiary/aromatic N) is 6. The van der Waals surface area contributed by atoms with Crippen LogP contribution in [0, 0.1) is 17.2 Å². The molecule has 2 saturated heterocycles. The van der Waals surface area contributed by atoms with E-state index >= 15 is 0 Å². The average molecular weight is 606 g/mol. The monoisotopic (exact) mass is 605 g/mol. The summed E-state index contributed by atoms with van der Waals surface area (Å²) in [6.07, 6.45) is 10.2. The van der Waals surface area contributed by atoms with Crippen LogP contribution in [-0.4, -0.2) is 76.6 Å². The largest absolute Gasteiger partial charge is 0.492 e. The molecular weight excluding hydrogens is 566 g/mol. The van der Waals surface area contributed by atoms with Crippen molar-refractivity contribution >= 4 is 23.5 Å². The highest BCUT2D eigenvalue weighted by Gasteiger charge is 2.37. The first-order chi connectivity index (χ1) is 22.0. The van der Waals surface area contributed by atoms with Gasteiger partial charge in [0.2, 0.25) is 5.91 Å². The van der Waals surface area contributed by atoms with E-state index in [0.717, 1.165) is 87.0 Å². The third kappa shape index (κ3) is 6.84. The number of benzene rings is 1. The Morgan fingerprint density at radius 3 is 2.56 bits per heavy atom. The predicted molar refractivity (Wildman–Crippen MR) is 172 cm³/mol. The van der Waals surface area contributed by atoms with Gasteiger partial charge >= 0.3 is 0 Å². The van der Waals surface area contributed by atoms with Crippen LogP contribution in [0.15, 0.2) is 67.1 Å². The van der Waals surface area contributed by atoms with Crippen molar-refractivity contribution in [3.63, 3.8) is 0 Å². The Balaban J connectivity index is 1.17. The van der Waals surface area contributed by atoms with Gasteiger partial charge in [0.05, 0.1) is 36.6 Å². The summed E-state index contributed by atoms with van der Waals surface area (Å²) in [5.74, 6) is 1.71. The first-order valence-corrected chi connectivity index (χ1v) is 15.8. The molecule has 232 valence electrons. The van der Waals surface area contributed by atoms with Crippen LogP contribution in [0.3, 0.4) is 0 Å².